The summed E-state index contributed by atoms with van der Waals surface area (Å²) < 4.78 is 45.4. The van der Waals surface area contributed by atoms with Gasteiger partial charge in [-0.3, -0.25) is 4.79 Å². The number of esters is 1. The van der Waals surface area contributed by atoms with Crippen LogP contribution in [0.25, 0.3) is 11.3 Å². The van der Waals surface area contributed by atoms with Crippen LogP contribution in [0.3, 0.4) is 0 Å². The maximum atomic E-state index is 13.4. The summed E-state index contributed by atoms with van der Waals surface area (Å²) in [5, 5.41) is 13.4. The molecule has 0 amide bonds. The number of methoxy groups -OCH3 is 1. The minimum absolute atomic E-state index is 0.0626. The number of ether oxygens (including phenoxy) is 1. The average Bonchev–Trinajstić information content (AvgIpc) is 3.02. The van der Waals surface area contributed by atoms with E-state index >= 15 is 0 Å². The summed E-state index contributed by atoms with van der Waals surface area (Å²) in [4.78, 5) is 11.6. The molecule has 2 unspecified atom stereocenters. The van der Waals surface area contributed by atoms with Crippen LogP contribution in [0, 0.1) is 11.3 Å². The Morgan fingerprint density at radius 3 is 2.44 bits per heavy atom. The average molecular weight is 380 g/mol. The third kappa shape index (κ3) is 3.47. The van der Waals surface area contributed by atoms with E-state index < -0.39 is 30.5 Å². The SMILES string of the molecule is COC(=O)C(C)c1ccc(-c2nn(C(C)(CF)C(F)F)c(N)c2C#N)cc1. The van der Waals surface area contributed by atoms with E-state index in [0.29, 0.717) is 15.8 Å². The Balaban J connectivity index is 2.53. The maximum absolute atomic E-state index is 13.4. The Bertz CT molecular complexity index is 874. The zero-order chi connectivity index (χ0) is 20.4. The van der Waals surface area contributed by atoms with Gasteiger partial charge >= 0.3 is 5.97 Å². The number of rotatable bonds is 6. The quantitative estimate of drug-likeness (QED) is 0.777. The number of alkyl halides is 3. The molecule has 0 saturated carbocycles. The fourth-order valence-electron chi connectivity index (χ4n) is 2.58. The molecular weight excluding hydrogens is 361 g/mol. The van der Waals surface area contributed by atoms with Crippen LogP contribution < -0.4 is 5.73 Å². The van der Waals surface area contributed by atoms with Crippen molar-refractivity contribution >= 4 is 11.8 Å². The van der Waals surface area contributed by atoms with Gasteiger partial charge < -0.3 is 10.5 Å². The summed E-state index contributed by atoms with van der Waals surface area (Å²) in [5.74, 6) is -1.25. The lowest BCUT2D eigenvalue weighted by molar-refractivity contribution is -0.141. The largest absolute Gasteiger partial charge is 0.469 e. The van der Waals surface area contributed by atoms with Gasteiger partial charge in [0.05, 0.1) is 13.0 Å². The summed E-state index contributed by atoms with van der Waals surface area (Å²) in [6.45, 7) is 1.24. The van der Waals surface area contributed by atoms with Crippen molar-refractivity contribution in [3.8, 4) is 17.3 Å². The normalized spacial score (nSPS) is 14.4. The first-order valence-corrected chi connectivity index (χ1v) is 8.02. The number of anilines is 1. The number of hydrogen-bond acceptors (Lipinski definition) is 5. The van der Waals surface area contributed by atoms with E-state index in [1.54, 1.807) is 31.2 Å². The van der Waals surface area contributed by atoms with Crippen LogP contribution in [0.2, 0.25) is 0 Å². The fourth-order valence-corrected chi connectivity index (χ4v) is 2.58. The Hall–Kier alpha value is -3.02. The number of nitrogens with zero attached hydrogens (tertiary/aromatic N) is 3. The minimum Gasteiger partial charge on any atom is -0.469 e. The standard InChI is InChI=1S/C18H19F3N4O2/c1-10(16(26)27-3)11-4-6-12(7-5-11)14-13(8-22)15(23)25(24-14)18(2,9-19)17(20)21/h4-7,10,17H,9,23H2,1-3H3. The topological polar surface area (TPSA) is 93.9 Å². The fraction of sp³-hybridized carbons (Fsp3) is 0.389. The molecule has 1 aromatic carbocycles. The first-order chi connectivity index (χ1) is 12.7. The first kappa shape index (κ1) is 20.3. The monoisotopic (exact) mass is 380 g/mol. The number of aromatic nitrogens is 2. The molecule has 1 heterocycles. The van der Waals surface area contributed by atoms with E-state index in [9.17, 15) is 23.2 Å². The van der Waals surface area contributed by atoms with Crippen LogP contribution in [0.4, 0.5) is 19.0 Å². The van der Waals surface area contributed by atoms with E-state index in [4.69, 9.17) is 5.73 Å². The zero-order valence-corrected chi connectivity index (χ0v) is 15.0. The molecule has 0 aliphatic heterocycles. The van der Waals surface area contributed by atoms with Crippen molar-refractivity contribution in [1.82, 2.24) is 9.78 Å². The lowest BCUT2D eigenvalue weighted by Gasteiger charge is -2.26. The van der Waals surface area contributed by atoms with E-state index in [2.05, 4.69) is 9.84 Å². The van der Waals surface area contributed by atoms with Crippen molar-refractivity contribution in [2.45, 2.75) is 31.7 Å². The molecule has 2 atom stereocenters. The van der Waals surface area contributed by atoms with E-state index in [-0.39, 0.29) is 17.1 Å². The van der Waals surface area contributed by atoms with Gasteiger partial charge in [-0.15, -0.1) is 0 Å². The van der Waals surface area contributed by atoms with Crippen LogP contribution in [-0.4, -0.2) is 36.0 Å². The molecule has 0 aliphatic rings. The highest BCUT2D eigenvalue weighted by atomic mass is 19.3. The zero-order valence-electron chi connectivity index (χ0n) is 15.0. The van der Waals surface area contributed by atoms with Crippen LogP contribution >= 0.6 is 0 Å². The molecule has 0 aliphatic carbocycles. The van der Waals surface area contributed by atoms with Gasteiger partial charge in [0.15, 0.2) is 5.54 Å². The Morgan fingerprint density at radius 1 is 1.41 bits per heavy atom. The Morgan fingerprint density at radius 2 is 2.00 bits per heavy atom. The van der Waals surface area contributed by atoms with Gasteiger partial charge in [0.1, 0.15) is 29.8 Å². The lowest BCUT2D eigenvalue weighted by Crippen LogP contribution is -2.41. The van der Waals surface area contributed by atoms with Gasteiger partial charge in [-0.1, -0.05) is 24.3 Å². The number of carbonyl (C=O) groups excluding carboxylic acids is 1. The van der Waals surface area contributed by atoms with Gasteiger partial charge in [-0.25, -0.2) is 17.9 Å². The molecule has 2 aromatic rings. The molecule has 0 saturated heterocycles. The molecule has 0 bridgehead atoms. The molecule has 6 nitrogen and oxygen atoms in total. The highest BCUT2D eigenvalue weighted by molar-refractivity contribution is 5.78. The van der Waals surface area contributed by atoms with Crippen molar-refractivity contribution in [3.63, 3.8) is 0 Å². The Labute approximate surface area is 154 Å². The van der Waals surface area contributed by atoms with Crippen molar-refractivity contribution in [1.29, 1.82) is 5.26 Å². The number of nitriles is 1. The predicted octanol–water partition coefficient (Wildman–Crippen LogP) is 3.23. The van der Waals surface area contributed by atoms with Gasteiger partial charge in [-0.2, -0.15) is 10.4 Å². The summed E-state index contributed by atoms with van der Waals surface area (Å²) >= 11 is 0. The molecule has 1 aromatic heterocycles. The molecule has 0 spiro atoms. The van der Waals surface area contributed by atoms with Crippen molar-refractivity contribution in [2.24, 2.45) is 0 Å². The van der Waals surface area contributed by atoms with Gasteiger partial charge in [0.25, 0.3) is 6.43 Å². The second-order valence-corrected chi connectivity index (χ2v) is 6.29. The molecule has 27 heavy (non-hydrogen) atoms. The third-order valence-electron chi connectivity index (χ3n) is 4.50. The van der Waals surface area contributed by atoms with E-state index in [1.807, 2.05) is 6.07 Å². The Kier molecular flexibility index (Phi) is 5.78. The summed E-state index contributed by atoms with van der Waals surface area (Å²) in [7, 11) is 1.28. The van der Waals surface area contributed by atoms with E-state index in [1.165, 1.54) is 7.11 Å². The number of benzene rings is 1. The second-order valence-electron chi connectivity index (χ2n) is 6.29. The number of nitrogens with two attached hydrogens (primary N) is 1. The summed E-state index contributed by atoms with van der Waals surface area (Å²) in [5.41, 5.74) is 4.55. The van der Waals surface area contributed by atoms with Gasteiger partial charge in [-0.05, 0) is 19.4 Å². The number of nitrogen functional groups attached to an aromatic ring is 1. The molecule has 144 valence electrons. The summed E-state index contributed by atoms with van der Waals surface area (Å²) in [6, 6.07) is 8.26. The van der Waals surface area contributed by atoms with E-state index in [0.717, 1.165) is 6.92 Å². The number of hydrogen-bond donors (Lipinski definition) is 1. The van der Waals surface area contributed by atoms with Gasteiger partial charge in [0.2, 0.25) is 0 Å². The van der Waals surface area contributed by atoms with Crippen molar-refractivity contribution in [3.05, 3.63) is 35.4 Å². The molecule has 0 fully saturated rings. The molecule has 2 N–H and O–H groups in total. The highest BCUT2D eigenvalue weighted by Crippen LogP contribution is 2.34. The third-order valence-corrected chi connectivity index (χ3v) is 4.50. The van der Waals surface area contributed by atoms with Crippen LogP contribution in [0.1, 0.15) is 30.9 Å². The van der Waals surface area contributed by atoms with Crippen molar-refractivity contribution in [2.75, 3.05) is 19.5 Å². The highest BCUT2D eigenvalue weighted by Gasteiger charge is 2.41. The lowest BCUT2D eigenvalue weighted by atomic mass is 9.98. The maximum Gasteiger partial charge on any atom is 0.312 e. The van der Waals surface area contributed by atoms with Gasteiger partial charge in [0, 0.05) is 5.56 Å². The predicted molar refractivity (Wildman–Crippen MR) is 92.8 cm³/mol. The van der Waals surface area contributed by atoms with Crippen LogP contribution in [-0.2, 0) is 15.1 Å². The van der Waals surface area contributed by atoms with Crippen LogP contribution in [0.5, 0.6) is 0 Å². The molecule has 0 radical (unpaired) electrons. The second kappa shape index (κ2) is 7.70. The number of carbonyl (C=O) groups is 1. The van der Waals surface area contributed by atoms with Crippen molar-refractivity contribution < 1.29 is 22.7 Å². The minimum atomic E-state index is -3.08. The van der Waals surface area contributed by atoms with Crippen LogP contribution in [0.15, 0.2) is 24.3 Å². The number of halogens is 3. The molecular formula is C18H19F3N4O2. The smallest absolute Gasteiger partial charge is 0.312 e. The molecule has 2 rings (SSSR count). The first-order valence-electron chi connectivity index (χ1n) is 8.02. The summed E-state index contributed by atoms with van der Waals surface area (Å²) in [6.07, 6.45) is -3.08. The molecule has 9 heteroatoms.